The van der Waals surface area contributed by atoms with Gasteiger partial charge in [-0.15, -0.1) is 13.2 Å². The number of aliphatic carboxylic acids is 1. The van der Waals surface area contributed by atoms with Gasteiger partial charge in [-0.3, -0.25) is 9.69 Å². The van der Waals surface area contributed by atoms with Gasteiger partial charge in [-0.25, -0.2) is 4.79 Å². The van der Waals surface area contributed by atoms with Crippen LogP contribution in [-0.2, 0) is 4.79 Å². The van der Waals surface area contributed by atoms with Gasteiger partial charge in [0.05, 0.1) is 5.92 Å². The van der Waals surface area contributed by atoms with E-state index in [2.05, 4.69) is 4.74 Å². The molecule has 25 heavy (non-hydrogen) atoms. The van der Waals surface area contributed by atoms with Crippen molar-refractivity contribution in [1.82, 2.24) is 4.90 Å². The molecule has 1 aliphatic heterocycles. The van der Waals surface area contributed by atoms with Crippen LogP contribution in [0.2, 0.25) is 0 Å². The Kier molecular flexibility index (Phi) is 5.76. The summed E-state index contributed by atoms with van der Waals surface area (Å²) in [7, 11) is 0. The number of carboxylic acid groups (broad SMARTS) is 1. The minimum atomic E-state index is -4.77. The van der Waals surface area contributed by atoms with Gasteiger partial charge >= 0.3 is 18.4 Å². The van der Waals surface area contributed by atoms with Gasteiger partial charge in [-0.05, 0) is 44.0 Å². The molecule has 138 valence electrons. The molecular weight excluding hydrogens is 341 g/mol. The van der Waals surface area contributed by atoms with Crippen LogP contribution in [0.1, 0.15) is 19.8 Å². The van der Waals surface area contributed by atoms with Crippen LogP contribution >= 0.6 is 0 Å². The van der Waals surface area contributed by atoms with Crippen LogP contribution in [-0.4, -0.2) is 48.0 Å². The fourth-order valence-electron chi connectivity index (χ4n) is 2.74. The Labute approximate surface area is 142 Å². The number of anilines is 1. The second-order valence-electron chi connectivity index (χ2n) is 5.67. The molecule has 0 saturated carbocycles. The van der Waals surface area contributed by atoms with Gasteiger partial charge in [0, 0.05) is 25.3 Å². The molecule has 2 rings (SSSR count). The van der Waals surface area contributed by atoms with Crippen molar-refractivity contribution in [3.8, 4) is 5.75 Å². The van der Waals surface area contributed by atoms with Gasteiger partial charge in [0.1, 0.15) is 5.75 Å². The first-order chi connectivity index (χ1) is 11.7. The molecule has 0 unspecified atom stereocenters. The van der Waals surface area contributed by atoms with Crippen LogP contribution in [0.4, 0.5) is 23.7 Å². The van der Waals surface area contributed by atoms with Crippen molar-refractivity contribution < 1.29 is 32.6 Å². The summed E-state index contributed by atoms with van der Waals surface area (Å²) >= 11 is 0. The first kappa shape index (κ1) is 18.9. The number of hydrogen-bond donors (Lipinski definition) is 1. The van der Waals surface area contributed by atoms with Crippen molar-refractivity contribution in [3.05, 3.63) is 24.3 Å². The Hall–Kier alpha value is -2.45. The van der Waals surface area contributed by atoms with E-state index in [0.717, 1.165) is 12.1 Å². The first-order valence-electron chi connectivity index (χ1n) is 7.86. The number of urea groups is 1. The highest BCUT2D eigenvalue weighted by atomic mass is 19.4. The summed E-state index contributed by atoms with van der Waals surface area (Å²) in [4.78, 5) is 26.6. The van der Waals surface area contributed by atoms with Crippen molar-refractivity contribution in [2.75, 3.05) is 24.5 Å². The molecule has 2 amide bonds. The van der Waals surface area contributed by atoms with E-state index in [1.165, 1.54) is 17.0 Å². The van der Waals surface area contributed by atoms with Crippen LogP contribution in [0.15, 0.2) is 24.3 Å². The van der Waals surface area contributed by atoms with E-state index in [1.54, 1.807) is 11.8 Å². The van der Waals surface area contributed by atoms with Crippen LogP contribution in [0.3, 0.4) is 0 Å². The topological polar surface area (TPSA) is 70.1 Å². The second kappa shape index (κ2) is 7.62. The lowest BCUT2D eigenvalue weighted by Gasteiger charge is -2.34. The molecule has 1 aromatic carbocycles. The molecule has 0 bridgehead atoms. The Morgan fingerprint density at radius 2 is 1.80 bits per heavy atom. The lowest BCUT2D eigenvalue weighted by atomic mass is 9.97. The number of carbonyl (C=O) groups is 2. The maximum Gasteiger partial charge on any atom is 0.573 e. The highest BCUT2D eigenvalue weighted by Gasteiger charge is 2.32. The molecule has 0 atom stereocenters. The first-order valence-corrected chi connectivity index (χ1v) is 7.86. The highest BCUT2D eigenvalue weighted by molar-refractivity contribution is 5.92. The van der Waals surface area contributed by atoms with Gasteiger partial charge < -0.3 is 14.7 Å². The van der Waals surface area contributed by atoms with Gasteiger partial charge in [0.2, 0.25) is 0 Å². The van der Waals surface area contributed by atoms with E-state index in [9.17, 15) is 22.8 Å². The molecule has 1 aromatic rings. The van der Waals surface area contributed by atoms with Crippen molar-refractivity contribution in [2.24, 2.45) is 5.92 Å². The van der Waals surface area contributed by atoms with Gasteiger partial charge in [-0.2, -0.15) is 0 Å². The van der Waals surface area contributed by atoms with Gasteiger partial charge in [-0.1, -0.05) is 0 Å². The van der Waals surface area contributed by atoms with Crippen LogP contribution in [0.25, 0.3) is 0 Å². The zero-order valence-electron chi connectivity index (χ0n) is 13.6. The number of amides is 2. The lowest BCUT2D eigenvalue weighted by Crippen LogP contribution is -2.47. The molecule has 9 heteroatoms. The number of nitrogens with zero attached hydrogens (tertiary/aromatic N) is 2. The maximum absolute atomic E-state index is 12.6. The average molecular weight is 360 g/mol. The Bertz CT molecular complexity index is 611. The summed E-state index contributed by atoms with van der Waals surface area (Å²) in [5.74, 6) is -1.67. The van der Waals surface area contributed by atoms with Crippen LogP contribution in [0, 0.1) is 5.92 Å². The largest absolute Gasteiger partial charge is 0.573 e. The van der Waals surface area contributed by atoms with Gasteiger partial charge in [0.25, 0.3) is 0 Å². The number of piperidine rings is 1. The van der Waals surface area contributed by atoms with Crippen molar-refractivity contribution in [2.45, 2.75) is 26.1 Å². The number of hydrogen-bond acceptors (Lipinski definition) is 3. The molecule has 1 fully saturated rings. The zero-order chi connectivity index (χ0) is 18.6. The number of ether oxygens (including phenoxy) is 1. The fraction of sp³-hybridized carbons (Fsp3) is 0.500. The lowest BCUT2D eigenvalue weighted by molar-refractivity contribution is -0.274. The fourth-order valence-corrected chi connectivity index (χ4v) is 2.74. The monoisotopic (exact) mass is 360 g/mol. The zero-order valence-corrected chi connectivity index (χ0v) is 13.6. The predicted octanol–water partition coefficient (Wildman–Crippen LogP) is 3.33. The third kappa shape index (κ3) is 5.01. The Morgan fingerprint density at radius 3 is 2.24 bits per heavy atom. The molecular formula is C16H19F3N2O4. The molecule has 6 nitrogen and oxygen atoms in total. The van der Waals surface area contributed by atoms with E-state index >= 15 is 0 Å². The number of carboxylic acids is 1. The summed E-state index contributed by atoms with van der Waals surface area (Å²) in [6.07, 6.45) is -4.00. The molecule has 1 N–H and O–H groups in total. The molecule has 1 saturated heterocycles. The highest BCUT2D eigenvalue weighted by Crippen LogP contribution is 2.26. The molecule has 1 aliphatic rings. The summed E-state index contributed by atoms with van der Waals surface area (Å²) in [5.41, 5.74) is 0.447. The van der Waals surface area contributed by atoms with E-state index < -0.39 is 18.2 Å². The van der Waals surface area contributed by atoms with Gasteiger partial charge in [0.15, 0.2) is 0 Å². The van der Waals surface area contributed by atoms with E-state index in [0.29, 0.717) is 38.2 Å². The molecule has 0 aliphatic carbocycles. The third-order valence-electron chi connectivity index (χ3n) is 4.04. The van der Waals surface area contributed by atoms with E-state index in [4.69, 9.17) is 5.11 Å². The second-order valence-corrected chi connectivity index (χ2v) is 5.67. The van der Waals surface area contributed by atoms with Crippen LogP contribution in [0.5, 0.6) is 5.75 Å². The smallest absolute Gasteiger partial charge is 0.481 e. The van der Waals surface area contributed by atoms with Crippen LogP contribution < -0.4 is 9.64 Å². The normalized spacial score (nSPS) is 15.8. The number of benzene rings is 1. The summed E-state index contributed by atoms with van der Waals surface area (Å²) in [5, 5.41) is 9.00. The Morgan fingerprint density at radius 1 is 1.24 bits per heavy atom. The molecule has 0 aromatic heterocycles. The molecule has 0 spiro atoms. The SMILES string of the molecule is CCN(C(=O)N1CCC(C(=O)O)CC1)c1ccc(OC(F)(F)F)cc1. The Balaban J connectivity index is 2.04. The summed E-state index contributed by atoms with van der Waals surface area (Å²) in [6.45, 7) is 2.75. The summed E-state index contributed by atoms with van der Waals surface area (Å²) in [6, 6.07) is 4.76. The van der Waals surface area contributed by atoms with Crippen molar-refractivity contribution in [3.63, 3.8) is 0 Å². The quantitative estimate of drug-likeness (QED) is 0.894. The summed E-state index contributed by atoms with van der Waals surface area (Å²) < 4.78 is 40.4. The van der Waals surface area contributed by atoms with E-state index in [-0.39, 0.29) is 11.8 Å². The predicted molar refractivity (Wildman–Crippen MR) is 83.5 cm³/mol. The van der Waals surface area contributed by atoms with E-state index in [1.807, 2.05) is 0 Å². The van der Waals surface area contributed by atoms with Crippen molar-refractivity contribution in [1.29, 1.82) is 0 Å². The number of alkyl halides is 3. The number of rotatable bonds is 4. The standard InChI is InChI=1S/C16H19F3N2O4/c1-2-21(12-3-5-13(6-4-12)25-16(17,18)19)15(24)20-9-7-11(8-10-20)14(22)23/h3-6,11H,2,7-10H2,1H3,(H,22,23). The number of likely N-dealkylation sites (tertiary alicyclic amines) is 1. The molecule has 0 radical (unpaired) electrons. The minimum absolute atomic E-state index is 0.296. The average Bonchev–Trinajstić information content (AvgIpc) is 2.55. The minimum Gasteiger partial charge on any atom is -0.481 e. The number of halogens is 3. The maximum atomic E-state index is 12.6. The van der Waals surface area contributed by atoms with Crippen molar-refractivity contribution >= 4 is 17.7 Å². The molecule has 1 heterocycles. The number of carbonyl (C=O) groups excluding carboxylic acids is 1. The third-order valence-corrected chi connectivity index (χ3v) is 4.04.